The number of carboxylic acid groups (broad SMARTS) is 1. The van der Waals surface area contributed by atoms with Crippen molar-refractivity contribution in [2.75, 3.05) is 0 Å². The number of amides is 2. The molecule has 0 unspecified atom stereocenters. The Morgan fingerprint density at radius 1 is 0.960 bits per heavy atom. The first-order chi connectivity index (χ1) is 11.9. The topological polar surface area (TPSA) is 95.5 Å². The minimum absolute atomic E-state index is 0.141. The molecule has 0 bridgehead atoms. The van der Waals surface area contributed by atoms with E-state index in [1.807, 2.05) is 0 Å². The largest absolute Gasteiger partial charge is 0.480 e. The van der Waals surface area contributed by atoms with Crippen LogP contribution in [0, 0.1) is 5.92 Å². The summed E-state index contributed by atoms with van der Waals surface area (Å²) >= 11 is 0. The van der Waals surface area contributed by atoms with E-state index in [2.05, 4.69) is 17.6 Å². The van der Waals surface area contributed by atoms with Crippen LogP contribution in [0.4, 0.5) is 0 Å². The van der Waals surface area contributed by atoms with Gasteiger partial charge >= 0.3 is 5.97 Å². The highest BCUT2D eigenvalue weighted by atomic mass is 16.4. The molecule has 0 atom stereocenters. The van der Waals surface area contributed by atoms with Crippen molar-refractivity contribution in [3.63, 3.8) is 0 Å². The maximum Gasteiger partial charge on any atom is 0.329 e. The van der Waals surface area contributed by atoms with Crippen molar-refractivity contribution < 1.29 is 19.5 Å². The molecule has 6 nitrogen and oxygen atoms in total. The Balaban J connectivity index is 1.67. The molecule has 2 amide bonds. The lowest BCUT2D eigenvalue weighted by Gasteiger charge is -2.36. The van der Waals surface area contributed by atoms with Gasteiger partial charge in [-0.3, -0.25) is 9.59 Å². The van der Waals surface area contributed by atoms with Crippen molar-refractivity contribution in [2.24, 2.45) is 5.92 Å². The third-order valence-corrected chi connectivity index (χ3v) is 5.21. The molecule has 6 heteroatoms. The number of nitrogens with one attached hydrogen (secondary N) is 2. The predicted molar refractivity (Wildman–Crippen MR) is 92.4 cm³/mol. The summed E-state index contributed by atoms with van der Waals surface area (Å²) in [4.78, 5) is 36.2. The fraction of sp³-hybridized carbons (Fsp3) is 0.526. The van der Waals surface area contributed by atoms with Gasteiger partial charge in [0, 0.05) is 17.2 Å². The first-order valence-corrected chi connectivity index (χ1v) is 8.86. The van der Waals surface area contributed by atoms with Crippen LogP contribution < -0.4 is 10.6 Å². The summed E-state index contributed by atoms with van der Waals surface area (Å²) in [6, 6.07) is 6.61. The lowest BCUT2D eigenvalue weighted by Crippen LogP contribution is -2.56. The van der Waals surface area contributed by atoms with E-state index in [1.54, 1.807) is 24.3 Å². The number of carbonyl (C=O) groups excluding carboxylic acids is 2. The molecule has 0 radical (unpaired) electrons. The van der Waals surface area contributed by atoms with Crippen LogP contribution in [0.3, 0.4) is 0 Å². The van der Waals surface area contributed by atoms with Crippen molar-refractivity contribution in [1.29, 1.82) is 0 Å². The summed E-state index contributed by atoms with van der Waals surface area (Å²) in [7, 11) is 0. The minimum atomic E-state index is -1.19. The molecule has 2 aliphatic rings. The fourth-order valence-electron chi connectivity index (χ4n) is 3.21. The first kappa shape index (κ1) is 17.5. The van der Waals surface area contributed by atoms with Gasteiger partial charge in [-0.05, 0) is 68.7 Å². The molecule has 3 rings (SSSR count). The summed E-state index contributed by atoms with van der Waals surface area (Å²) in [5.74, 6) is -1.05. The maximum absolute atomic E-state index is 12.5. The van der Waals surface area contributed by atoms with E-state index < -0.39 is 17.4 Å². The molecule has 0 aromatic heterocycles. The highest BCUT2D eigenvalue weighted by Gasteiger charge is 2.42. The van der Waals surface area contributed by atoms with Gasteiger partial charge in [0.1, 0.15) is 5.54 Å². The van der Waals surface area contributed by atoms with E-state index in [-0.39, 0.29) is 11.9 Å². The highest BCUT2D eigenvalue weighted by Crippen LogP contribution is 2.32. The molecular weight excluding hydrogens is 320 g/mol. The lowest BCUT2D eigenvalue weighted by atomic mass is 9.77. The molecule has 0 heterocycles. The van der Waals surface area contributed by atoms with Crippen LogP contribution in [0.15, 0.2) is 24.3 Å². The van der Waals surface area contributed by atoms with Crippen molar-refractivity contribution >= 4 is 17.8 Å². The zero-order chi connectivity index (χ0) is 18.0. The molecule has 0 saturated heterocycles. The Morgan fingerprint density at radius 3 is 1.96 bits per heavy atom. The average Bonchev–Trinajstić information content (AvgIpc) is 3.41. The maximum atomic E-state index is 12.5. The standard InChI is InChI=1S/C19H24N2O4/c1-12-8-10-19(11-9-12,18(24)25)21-17(23)14-4-2-13(3-5-14)16(22)20-15-6-7-15/h2-5,12,15H,6-11H2,1H3,(H,20,22)(H,21,23)(H,24,25). The molecule has 0 aliphatic heterocycles. The van der Waals surface area contributed by atoms with E-state index in [4.69, 9.17) is 0 Å². The third-order valence-electron chi connectivity index (χ3n) is 5.21. The monoisotopic (exact) mass is 344 g/mol. The van der Waals surface area contributed by atoms with E-state index in [1.165, 1.54) is 0 Å². The van der Waals surface area contributed by atoms with Gasteiger partial charge in [0.2, 0.25) is 0 Å². The number of hydrogen-bond acceptors (Lipinski definition) is 3. The number of carbonyl (C=O) groups is 3. The number of aliphatic carboxylic acids is 1. The van der Waals surface area contributed by atoms with Crippen molar-refractivity contribution in [1.82, 2.24) is 10.6 Å². The molecular formula is C19H24N2O4. The van der Waals surface area contributed by atoms with Crippen LogP contribution in [-0.4, -0.2) is 34.5 Å². The molecule has 25 heavy (non-hydrogen) atoms. The van der Waals surface area contributed by atoms with Crippen LogP contribution in [0.25, 0.3) is 0 Å². The smallest absolute Gasteiger partial charge is 0.329 e. The zero-order valence-corrected chi connectivity index (χ0v) is 14.4. The van der Waals surface area contributed by atoms with E-state index in [0.29, 0.717) is 29.9 Å². The summed E-state index contributed by atoms with van der Waals surface area (Å²) in [6.07, 6.45) is 4.48. The summed E-state index contributed by atoms with van der Waals surface area (Å²) in [5.41, 5.74) is -0.323. The van der Waals surface area contributed by atoms with Crippen molar-refractivity contribution in [3.05, 3.63) is 35.4 Å². The molecule has 0 spiro atoms. The van der Waals surface area contributed by atoms with Crippen LogP contribution in [0.1, 0.15) is 66.2 Å². The second-order valence-electron chi connectivity index (χ2n) is 7.35. The number of carboxylic acids is 1. The zero-order valence-electron chi connectivity index (χ0n) is 14.4. The van der Waals surface area contributed by atoms with Gasteiger partial charge in [-0.25, -0.2) is 4.79 Å². The van der Waals surface area contributed by atoms with E-state index in [9.17, 15) is 19.5 Å². The van der Waals surface area contributed by atoms with Gasteiger partial charge in [0.15, 0.2) is 0 Å². The Kier molecular flexibility index (Phi) is 4.79. The second-order valence-corrected chi connectivity index (χ2v) is 7.35. The first-order valence-electron chi connectivity index (χ1n) is 8.86. The second kappa shape index (κ2) is 6.86. The number of benzene rings is 1. The Bertz CT molecular complexity index is 671. The molecule has 2 fully saturated rings. The summed E-state index contributed by atoms with van der Waals surface area (Å²) in [5, 5.41) is 15.2. The molecule has 3 N–H and O–H groups in total. The highest BCUT2D eigenvalue weighted by molar-refractivity contribution is 6.00. The number of rotatable bonds is 5. The van der Waals surface area contributed by atoms with Crippen LogP contribution in [-0.2, 0) is 4.79 Å². The summed E-state index contributed by atoms with van der Waals surface area (Å²) in [6.45, 7) is 2.10. The Hall–Kier alpha value is -2.37. The number of hydrogen-bond donors (Lipinski definition) is 3. The minimum Gasteiger partial charge on any atom is -0.480 e. The van der Waals surface area contributed by atoms with Crippen molar-refractivity contribution in [2.45, 2.75) is 57.0 Å². The average molecular weight is 344 g/mol. The normalized spacial score (nSPS) is 25.9. The molecule has 1 aromatic carbocycles. The van der Waals surface area contributed by atoms with Crippen LogP contribution in [0.5, 0.6) is 0 Å². The Morgan fingerprint density at radius 2 is 1.48 bits per heavy atom. The van der Waals surface area contributed by atoms with Gasteiger partial charge in [-0.2, -0.15) is 0 Å². The summed E-state index contributed by atoms with van der Waals surface area (Å²) < 4.78 is 0. The molecule has 1 aromatic rings. The molecule has 2 saturated carbocycles. The fourth-order valence-corrected chi connectivity index (χ4v) is 3.21. The lowest BCUT2D eigenvalue weighted by molar-refractivity contribution is -0.146. The Labute approximate surface area is 147 Å². The molecule has 134 valence electrons. The van der Waals surface area contributed by atoms with Gasteiger partial charge in [-0.1, -0.05) is 6.92 Å². The van der Waals surface area contributed by atoms with Gasteiger partial charge in [0.05, 0.1) is 0 Å². The van der Waals surface area contributed by atoms with Crippen molar-refractivity contribution in [3.8, 4) is 0 Å². The molecule has 2 aliphatic carbocycles. The van der Waals surface area contributed by atoms with E-state index >= 15 is 0 Å². The van der Waals surface area contributed by atoms with Crippen LogP contribution in [0.2, 0.25) is 0 Å². The predicted octanol–water partition coefficient (Wildman–Crippen LogP) is 2.34. The SMILES string of the molecule is CC1CCC(NC(=O)c2ccc(C(=O)NC3CC3)cc2)(C(=O)O)CC1. The quantitative estimate of drug-likeness (QED) is 0.764. The van der Waals surface area contributed by atoms with Gasteiger partial charge < -0.3 is 15.7 Å². The van der Waals surface area contributed by atoms with Gasteiger partial charge in [-0.15, -0.1) is 0 Å². The van der Waals surface area contributed by atoms with E-state index in [0.717, 1.165) is 25.7 Å². The van der Waals surface area contributed by atoms with Crippen LogP contribution >= 0.6 is 0 Å². The third kappa shape index (κ3) is 4.00. The van der Waals surface area contributed by atoms with Gasteiger partial charge in [0.25, 0.3) is 11.8 Å².